The van der Waals surface area contributed by atoms with E-state index in [-0.39, 0.29) is 4.90 Å². The van der Waals surface area contributed by atoms with Gasteiger partial charge >= 0.3 is 0 Å². The molecule has 0 spiro atoms. The molecule has 2 aromatic carbocycles. The molecular formula is C19H21BrN2O3S. The van der Waals surface area contributed by atoms with E-state index in [9.17, 15) is 8.42 Å². The Balaban J connectivity index is 1.76. The Labute approximate surface area is 161 Å². The SMILES string of the molecule is COc1ccc(S(=O)(=O)NCCc2c(C)[nH]c3ccc(Br)cc23)cc1C. The Morgan fingerprint density at radius 2 is 1.92 bits per heavy atom. The van der Waals surface area contributed by atoms with Crippen molar-refractivity contribution >= 4 is 36.9 Å². The Morgan fingerprint density at radius 3 is 2.62 bits per heavy atom. The number of hydrogen-bond donors (Lipinski definition) is 2. The second kappa shape index (κ2) is 7.42. The van der Waals surface area contributed by atoms with Gasteiger partial charge in [0.15, 0.2) is 0 Å². The molecule has 7 heteroatoms. The van der Waals surface area contributed by atoms with E-state index in [0.29, 0.717) is 18.7 Å². The van der Waals surface area contributed by atoms with Gasteiger partial charge in [0, 0.05) is 27.6 Å². The molecule has 3 aromatic rings. The quantitative estimate of drug-likeness (QED) is 0.611. The number of nitrogens with one attached hydrogen (secondary N) is 2. The topological polar surface area (TPSA) is 71.2 Å². The lowest BCUT2D eigenvalue weighted by atomic mass is 10.1. The number of sulfonamides is 1. The Bertz CT molecular complexity index is 1060. The molecule has 0 radical (unpaired) electrons. The Morgan fingerprint density at radius 1 is 1.15 bits per heavy atom. The van der Waals surface area contributed by atoms with Gasteiger partial charge < -0.3 is 9.72 Å². The molecular weight excluding hydrogens is 416 g/mol. The summed E-state index contributed by atoms with van der Waals surface area (Å²) in [6.45, 7) is 4.16. The fourth-order valence-electron chi connectivity index (χ4n) is 3.09. The highest BCUT2D eigenvalue weighted by atomic mass is 79.9. The maximum absolute atomic E-state index is 12.5. The van der Waals surface area contributed by atoms with Crippen LogP contribution in [0, 0.1) is 13.8 Å². The van der Waals surface area contributed by atoms with Crippen LogP contribution in [-0.2, 0) is 16.4 Å². The van der Waals surface area contributed by atoms with Crippen molar-refractivity contribution in [3.05, 3.63) is 57.7 Å². The zero-order valence-electron chi connectivity index (χ0n) is 14.9. The first-order valence-electron chi connectivity index (χ1n) is 8.23. The van der Waals surface area contributed by atoms with Gasteiger partial charge in [-0.1, -0.05) is 15.9 Å². The van der Waals surface area contributed by atoms with Crippen molar-refractivity contribution in [3.63, 3.8) is 0 Å². The molecule has 2 N–H and O–H groups in total. The summed E-state index contributed by atoms with van der Waals surface area (Å²) in [4.78, 5) is 3.59. The molecule has 1 heterocycles. The van der Waals surface area contributed by atoms with Crippen LogP contribution < -0.4 is 9.46 Å². The lowest BCUT2D eigenvalue weighted by molar-refractivity contribution is 0.411. The molecule has 0 atom stereocenters. The highest BCUT2D eigenvalue weighted by molar-refractivity contribution is 9.10. The second-order valence-electron chi connectivity index (χ2n) is 6.20. The molecule has 0 aliphatic rings. The number of fused-ring (bicyclic) bond motifs is 1. The third-order valence-electron chi connectivity index (χ3n) is 4.43. The second-order valence-corrected chi connectivity index (χ2v) is 8.88. The van der Waals surface area contributed by atoms with Gasteiger partial charge in [-0.25, -0.2) is 13.1 Å². The van der Waals surface area contributed by atoms with E-state index in [1.54, 1.807) is 25.3 Å². The van der Waals surface area contributed by atoms with Crippen LogP contribution in [0.4, 0.5) is 0 Å². The summed E-state index contributed by atoms with van der Waals surface area (Å²) in [5.41, 5.74) is 4.01. The molecule has 26 heavy (non-hydrogen) atoms. The number of ether oxygens (including phenoxy) is 1. The summed E-state index contributed by atoms with van der Waals surface area (Å²) >= 11 is 3.49. The van der Waals surface area contributed by atoms with Crippen LogP contribution in [-0.4, -0.2) is 27.1 Å². The molecule has 0 bridgehead atoms. The molecule has 0 aliphatic heterocycles. The summed E-state index contributed by atoms with van der Waals surface area (Å²) in [5.74, 6) is 0.670. The third kappa shape index (κ3) is 3.79. The van der Waals surface area contributed by atoms with Crippen molar-refractivity contribution < 1.29 is 13.2 Å². The molecule has 3 rings (SSSR count). The minimum atomic E-state index is -3.56. The van der Waals surface area contributed by atoms with Crippen LogP contribution in [0.1, 0.15) is 16.8 Å². The number of halogens is 1. The number of hydrogen-bond acceptors (Lipinski definition) is 3. The average molecular weight is 437 g/mol. The normalized spacial score (nSPS) is 11.8. The lowest BCUT2D eigenvalue weighted by Crippen LogP contribution is -2.26. The van der Waals surface area contributed by atoms with Gasteiger partial charge in [0.05, 0.1) is 12.0 Å². The van der Waals surface area contributed by atoms with Crippen molar-refractivity contribution in [1.29, 1.82) is 0 Å². The fraction of sp³-hybridized carbons (Fsp3) is 0.263. The third-order valence-corrected chi connectivity index (χ3v) is 6.38. The van der Waals surface area contributed by atoms with Crippen LogP contribution >= 0.6 is 15.9 Å². The van der Waals surface area contributed by atoms with Gasteiger partial charge in [0.2, 0.25) is 10.0 Å². The number of H-pyrrole nitrogens is 1. The highest BCUT2D eigenvalue weighted by Gasteiger charge is 2.16. The summed E-state index contributed by atoms with van der Waals surface area (Å²) in [6.07, 6.45) is 0.608. The largest absolute Gasteiger partial charge is 0.496 e. The molecule has 5 nitrogen and oxygen atoms in total. The van der Waals surface area contributed by atoms with Crippen LogP contribution in [0.25, 0.3) is 10.9 Å². The maximum atomic E-state index is 12.5. The van der Waals surface area contributed by atoms with Gasteiger partial charge in [0.25, 0.3) is 0 Å². The van der Waals surface area contributed by atoms with Gasteiger partial charge in [-0.2, -0.15) is 0 Å². The van der Waals surface area contributed by atoms with Crippen molar-refractivity contribution in [1.82, 2.24) is 9.71 Å². The van der Waals surface area contributed by atoms with E-state index in [2.05, 4.69) is 31.7 Å². The fourth-order valence-corrected chi connectivity index (χ4v) is 4.57. The molecule has 0 saturated heterocycles. The zero-order valence-corrected chi connectivity index (χ0v) is 17.3. The monoisotopic (exact) mass is 436 g/mol. The Kier molecular flexibility index (Phi) is 5.41. The summed E-state index contributed by atoms with van der Waals surface area (Å²) in [6, 6.07) is 10.9. The number of benzene rings is 2. The predicted octanol–water partition coefficient (Wildman–Crippen LogP) is 4.08. The number of methoxy groups -OCH3 is 1. The number of aryl methyl sites for hydroxylation is 2. The van der Waals surface area contributed by atoms with E-state index in [0.717, 1.165) is 32.2 Å². The molecule has 0 saturated carbocycles. The smallest absolute Gasteiger partial charge is 0.240 e. The van der Waals surface area contributed by atoms with Crippen LogP contribution in [0.3, 0.4) is 0 Å². The standard InChI is InChI=1S/C19H21BrN2O3S/c1-12-10-15(5-7-19(12)25-3)26(23,24)21-9-8-16-13(2)22-18-6-4-14(20)11-17(16)18/h4-7,10-11,21-22H,8-9H2,1-3H3. The van der Waals surface area contributed by atoms with Crippen LogP contribution in [0.5, 0.6) is 5.75 Å². The summed E-state index contributed by atoms with van der Waals surface area (Å²) in [7, 11) is -1.99. The van der Waals surface area contributed by atoms with Gasteiger partial charge in [-0.05, 0) is 67.8 Å². The van der Waals surface area contributed by atoms with E-state index in [4.69, 9.17) is 4.74 Å². The molecule has 0 unspecified atom stereocenters. The van der Waals surface area contributed by atoms with Crippen molar-refractivity contribution in [2.24, 2.45) is 0 Å². The zero-order chi connectivity index (χ0) is 18.9. The average Bonchev–Trinajstić information content (AvgIpc) is 2.90. The van der Waals surface area contributed by atoms with E-state index < -0.39 is 10.0 Å². The summed E-state index contributed by atoms with van der Waals surface area (Å²) < 4.78 is 34.0. The number of rotatable bonds is 6. The highest BCUT2D eigenvalue weighted by Crippen LogP contribution is 2.26. The van der Waals surface area contributed by atoms with Gasteiger partial charge in [-0.3, -0.25) is 0 Å². The van der Waals surface area contributed by atoms with Crippen molar-refractivity contribution in [3.8, 4) is 5.75 Å². The first kappa shape index (κ1) is 18.9. The van der Waals surface area contributed by atoms with E-state index >= 15 is 0 Å². The van der Waals surface area contributed by atoms with E-state index in [1.165, 1.54) is 0 Å². The predicted molar refractivity (Wildman–Crippen MR) is 107 cm³/mol. The first-order valence-corrected chi connectivity index (χ1v) is 10.5. The first-order chi connectivity index (χ1) is 12.3. The summed E-state index contributed by atoms with van der Waals surface area (Å²) in [5, 5.41) is 1.11. The van der Waals surface area contributed by atoms with Crippen molar-refractivity contribution in [2.45, 2.75) is 25.2 Å². The maximum Gasteiger partial charge on any atom is 0.240 e. The lowest BCUT2D eigenvalue weighted by Gasteiger charge is -2.10. The molecule has 0 amide bonds. The number of aromatic amines is 1. The molecule has 138 valence electrons. The Hall–Kier alpha value is -1.83. The number of aromatic nitrogens is 1. The van der Waals surface area contributed by atoms with Crippen molar-refractivity contribution in [2.75, 3.05) is 13.7 Å². The molecule has 1 aromatic heterocycles. The van der Waals surface area contributed by atoms with Gasteiger partial charge in [-0.15, -0.1) is 0 Å². The van der Waals surface area contributed by atoms with E-state index in [1.807, 2.05) is 26.0 Å². The van der Waals surface area contributed by atoms with Gasteiger partial charge in [0.1, 0.15) is 5.75 Å². The minimum absolute atomic E-state index is 0.245. The molecule has 0 fully saturated rings. The molecule has 0 aliphatic carbocycles. The van der Waals surface area contributed by atoms with Crippen LogP contribution in [0.15, 0.2) is 45.8 Å². The minimum Gasteiger partial charge on any atom is -0.496 e. The van der Waals surface area contributed by atoms with Crippen LogP contribution in [0.2, 0.25) is 0 Å².